The second-order valence-electron chi connectivity index (χ2n) is 5.75. The monoisotopic (exact) mass is 308 g/mol. The van der Waals surface area contributed by atoms with Crippen LogP contribution in [0.1, 0.15) is 57.3 Å². The number of aromatic hydroxyl groups is 2. The van der Waals surface area contributed by atoms with Gasteiger partial charge in [0.2, 0.25) is 0 Å². The summed E-state index contributed by atoms with van der Waals surface area (Å²) in [6.07, 6.45) is 3.76. The molecule has 3 rings (SSSR count). The lowest BCUT2D eigenvalue weighted by atomic mass is 9.85. The van der Waals surface area contributed by atoms with E-state index in [-0.39, 0.29) is 23.7 Å². The summed E-state index contributed by atoms with van der Waals surface area (Å²) in [7, 11) is 0. The van der Waals surface area contributed by atoms with Gasteiger partial charge in [-0.05, 0) is 30.9 Å². The second kappa shape index (κ2) is 7.84. The summed E-state index contributed by atoms with van der Waals surface area (Å²) in [5.74, 6) is 0.359. The number of hydrogen-bond acceptors (Lipinski definition) is 4. The number of phenolic OH excluding ortho intramolecular Hbond substituents is 2. The van der Waals surface area contributed by atoms with Crippen molar-refractivity contribution < 1.29 is 19.7 Å². The largest absolute Gasteiger partial charge is 0.504 e. The number of phenols is 2. The Kier molecular flexibility index (Phi) is 6.09. The van der Waals surface area contributed by atoms with Crippen molar-refractivity contribution >= 4 is 0 Å². The Morgan fingerprint density at radius 2 is 2.00 bits per heavy atom. The molecule has 22 heavy (non-hydrogen) atoms. The van der Waals surface area contributed by atoms with E-state index in [9.17, 15) is 10.2 Å². The molecule has 1 aromatic carbocycles. The minimum Gasteiger partial charge on any atom is -0.504 e. The molecular weight excluding hydrogens is 280 g/mol. The van der Waals surface area contributed by atoms with E-state index in [4.69, 9.17) is 9.47 Å². The minimum absolute atomic E-state index is 0.00261. The molecule has 1 saturated heterocycles. The molecule has 4 heteroatoms. The maximum Gasteiger partial charge on any atom is 0.161 e. The SMILES string of the molecule is CC.CCC1OC(C2CCCOC2)Cc2c1ccc(O)c2O. The van der Waals surface area contributed by atoms with Crippen molar-refractivity contribution in [2.45, 2.75) is 58.7 Å². The van der Waals surface area contributed by atoms with Crippen LogP contribution >= 0.6 is 0 Å². The van der Waals surface area contributed by atoms with Crippen LogP contribution in [0.15, 0.2) is 12.1 Å². The molecule has 0 aliphatic carbocycles. The summed E-state index contributed by atoms with van der Waals surface area (Å²) >= 11 is 0. The van der Waals surface area contributed by atoms with Crippen LogP contribution in [0.5, 0.6) is 11.5 Å². The lowest BCUT2D eigenvalue weighted by molar-refractivity contribution is -0.0905. The van der Waals surface area contributed by atoms with Gasteiger partial charge < -0.3 is 19.7 Å². The van der Waals surface area contributed by atoms with Gasteiger partial charge in [-0.1, -0.05) is 26.8 Å². The Balaban J connectivity index is 0.000000847. The van der Waals surface area contributed by atoms with Gasteiger partial charge in [-0.2, -0.15) is 0 Å². The zero-order valence-electron chi connectivity index (χ0n) is 13.8. The van der Waals surface area contributed by atoms with E-state index in [1.165, 1.54) is 0 Å². The van der Waals surface area contributed by atoms with Crippen LogP contribution in [0.2, 0.25) is 0 Å². The van der Waals surface area contributed by atoms with Crippen molar-refractivity contribution in [1.29, 1.82) is 0 Å². The van der Waals surface area contributed by atoms with Gasteiger partial charge in [-0.15, -0.1) is 0 Å². The maximum atomic E-state index is 10.1. The van der Waals surface area contributed by atoms with Crippen LogP contribution in [0.4, 0.5) is 0 Å². The standard InChI is InChI=1S/C16H22O4.C2H6/c1-2-14-11-5-6-13(17)16(18)12(11)8-15(20-14)10-4-3-7-19-9-10;1-2/h5-6,10,14-15,17-18H,2-4,7-9H2,1H3;1-2H3. The maximum absolute atomic E-state index is 10.1. The zero-order valence-corrected chi connectivity index (χ0v) is 13.8. The van der Waals surface area contributed by atoms with E-state index in [0.29, 0.717) is 12.3 Å². The van der Waals surface area contributed by atoms with E-state index in [2.05, 4.69) is 6.92 Å². The minimum atomic E-state index is -0.0425. The first-order valence-corrected chi connectivity index (χ1v) is 8.47. The van der Waals surface area contributed by atoms with Crippen molar-refractivity contribution in [2.75, 3.05) is 13.2 Å². The summed E-state index contributed by atoms with van der Waals surface area (Å²) in [5.41, 5.74) is 1.86. The smallest absolute Gasteiger partial charge is 0.161 e. The van der Waals surface area contributed by atoms with Gasteiger partial charge in [-0.3, -0.25) is 0 Å². The molecular formula is C18H28O4. The summed E-state index contributed by atoms with van der Waals surface area (Å²) < 4.78 is 11.8. The number of rotatable bonds is 2. The van der Waals surface area contributed by atoms with Gasteiger partial charge in [0.25, 0.3) is 0 Å². The lowest BCUT2D eigenvalue weighted by Crippen LogP contribution is -2.37. The Morgan fingerprint density at radius 3 is 2.64 bits per heavy atom. The normalized spacial score (nSPS) is 27.5. The van der Waals surface area contributed by atoms with Crippen LogP contribution in [0.25, 0.3) is 0 Å². The molecule has 1 fully saturated rings. The molecule has 1 aromatic rings. The first-order valence-electron chi connectivity index (χ1n) is 8.47. The van der Waals surface area contributed by atoms with Gasteiger partial charge in [0.15, 0.2) is 11.5 Å². The Bertz CT molecular complexity index is 480. The highest BCUT2D eigenvalue weighted by Gasteiger charge is 2.34. The molecule has 3 atom stereocenters. The quantitative estimate of drug-likeness (QED) is 0.812. The first-order chi connectivity index (χ1) is 10.7. The molecule has 0 aromatic heterocycles. The van der Waals surface area contributed by atoms with Crippen LogP contribution < -0.4 is 0 Å². The average Bonchev–Trinajstić information content (AvgIpc) is 2.60. The van der Waals surface area contributed by atoms with E-state index in [0.717, 1.165) is 43.6 Å². The topological polar surface area (TPSA) is 58.9 Å². The third-order valence-corrected chi connectivity index (χ3v) is 4.48. The van der Waals surface area contributed by atoms with Gasteiger partial charge in [0, 0.05) is 24.5 Å². The van der Waals surface area contributed by atoms with E-state index < -0.39 is 0 Å². The summed E-state index contributed by atoms with van der Waals surface area (Å²) in [6, 6.07) is 3.41. The molecule has 2 aliphatic rings. The van der Waals surface area contributed by atoms with Crippen LogP contribution in [0, 0.1) is 5.92 Å². The second-order valence-corrected chi connectivity index (χ2v) is 5.75. The first kappa shape index (κ1) is 17.1. The molecule has 0 spiro atoms. The van der Waals surface area contributed by atoms with Gasteiger partial charge in [0.1, 0.15) is 0 Å². The highest BCUT2D eigenvalue weighted by molar-refractivity contribution is 5.50. The van der Waals surface area contributed by atoms with Crippen LogP contribution in [-0.2, 0) is 15.9 Å². The van der Waals surface area contributed by atoms with Crippen molar-refractivity contribution in [1.82, 2.24) is 0 Å². The van der Waals surface area contributed by atoms with Crippen LogP contribution in [0.3, 0.4) is 0 Å². The number of fused-ring (bicyclic) bond motifs is 1. The Labute approximate surface area is 133 Å². The zero-order chi connectivity index (χ0) is 16.1. The van der Waals surface area contributed by atoms with Crippen LogP contribution in [-0.4, -0.2) is 29.5 Å². The summed E-state index contributed by atoms with van der Waals surface area (Å²) in [5, 5.41) is 19.9. The van der Waals surface area contributed by atoms with E-state index in [1.807, 2.05) is 19.9 Å². The molecule has 0 amide bonds. The predicted octanol–water partition coefficient (Wildman–Crippen LogP) is 3.94. The molecule has 3 unspecified atom stereocenters. The fourth-order valence-electron chi connectivity index (χ4n) is 3.34. The van der Waals surface area contributed by atoms with Crippen molar-refractivity contribution in [3.63, 3.8) is 0 Å². The van der Waals surface area contributed by atoms with Crippen molar-refractivity contribution in [3.05, 3.63) is 23.3 Å². The average molecular weight is 308 g/mol. The third kappa shape index (κ3) is 3.39. The molecule has 2 heterocycles. The number of ether oxygens (including phenoxy) is 2. The highest BCUT2D eigenvalue weighted by Crippen LogP contribution is 2.43. The molecule has 2 N–H and O–H groups in total. The molecule has 0 radical (unpaired) electrons. The highest BCUT2D eigenvalue weighted by atomic mass is 16.5. The summed E-state index contributed by atoms with van der Waals surface area (Å²) in [4.78, 5) is 0. The number of benzene rings is 1. The third-order valence-electron chi connectivity index (χ3n) is 4.48. The summed E-state index contributed by atoms with van der Waals surface area (Å²) in [6.45, 7) is 7.65. The fraction of sp³-hybridized carbons (Fsp3) is 0.667. The lowest BCUT2D eigenvalue weighted by Gasteiger charge is -2.38. The number of hydrogen-bond donors (Lipinski definition) is 2. The predicted molar refractivity (Wildman–Crippen MR) is 86.3 cm³/mol. The molecule has 124 valence electrons. The van der Waals surface area contributed by atoms with E-state index >= 15 is 0 Å². The fourth-order valence-corrected chi connectivity index (χ4v) is 3.34. The van der Waals surface area contributed by atoms with Crippen molar-refractivity contribution in [2.24, 2.45) is 5.92 Å². The Hall–Kier alpha value is -1.26. The molecule has 4 nitrogen and oxygen atoms in total. The molecule has 2 aliphatic heterocycles. The van der Waals surface area contributed by atoms with E-state index in [1.54, 1.807) is 6.07 Å². The van der Waals surface area contributed by atoms with Crippen molar-refractivity contribution in [3.8, 4) is 11.5 Å². The van der Waals surface area contributed by atoms with Gasteiger partial charge in [0.05, 0.1) is 18.8 Å². The Morgan fingerprint density at radius 1 is 1.23 bits per heavy atom. The molecule has 0 bridgehead atoms. The molecule has 0 saturated carbocycles. The van der Waals surface area contributed by atoms with Gasteiger partial charge >= 0.3 is 0 Å². The van der Waals surface area contributed by atoms with Gasteiger partial charge in [-0.25, -0.2) is 0 Å².